The van der Waals surface area contributed by atoms with Gasteiger partial charge in [0.25, 0.3) is 5.56 Å². The lowest BCUT2D eigenvalue weighted by Crippen LogP contribution is -2.34. The van der Waals surface area contributed by atoms with Crippen LogP contribution in [-0.2, 0) is 11.3 Å². The summed E-state index contributed by atoms with van der Waals surface area (Å²) in [5, 5.41) is 2.85. The number of amides is 1. The Morgan fingerprint density at radius 3 is 2.65 bits per heavy atom. The third kappa shape index (κ3) is 5.02. The molecule has 3 N–H and O–H groups in total. The molecule has 2 aromatic rings. The minimum Gasteiger partial charge on any atom is -0.356 e. The molecule has 1 aromatic heterocycles. The van der Waals surface area contributed by atoms with Crippen molar-refractivity contribution in [2.75, 3.05) is 13.1 Å². The van der Waals surface area contributed by atoms with Gasteiger partial charge in [0, 0.05) is 30.1 Å². The first-order chi connectivity index (χ1) is 12.4. The Morgan fingerprint density at radius 2 is 2.00 bits per heavy atom. The Balaban J connectivity index is 2.26. The second-order valence-electron chi connectivity index (χ2n) is 6.45. The highest BCUT2D eigenvalue weighted by atomic mass is 16.2. The number of aromatic nitrogens is 2. The summed E-state index contributed by atoms with van der Waals surface area (Å²) >= 11 is 0. The van der Waals surface area contributed by atoms with Crippen molar-refractivity contribution in [1.82, 2.24) is 14.9 Å². The summed E-state index contributed by atoms with van der Waals surface area (Å²) in [6.07, 6.45) is 2.48. The fourth-order valence-electron chi connectivity index (χ4n) is 2.60. The molecule has 0 saturated heterocycles. The Hall–Kier alpha value is -2.47. The van der Waals surface area contributed by atoms with Gasteiger partial charge < -0.3 is 11.1 Å². The molecule has 0 aliphatic rings. The summed E-state index contributed by atoms with van der Waals surface area (Å²) in [6, 6.07) is 9.74. The van der Waals surface area contributed by atoms with E-state index in [0.717, 1.165) is 12.0 Å². The van der Waals surface area contributed by atoms with Gasteiger partial charge in [-0.25, -0.2) is 4.98 Å². The lowest BCUT2D eigenvalue weighted by Gasteiger charge is -2.17. The van der Waals surface area contributed by atoms with Crippen LogP contribution >= 0.6 is 0 Å². The first-order valence-electron chi connectivity index (χ1n) is 8.88. The molecule has 1 heterocycles. The van der Waals surface area contributed by atoms with Gasteiger partial charge in [-0.05, 0) is 32.4 Å². The highest BCUT2D eigenvalue weighted by molar-refractivity contribution is 5.79. The smallest absolute Gasteiger partial charge is 0.256 e. The third-order valence-electron chi connectivity index (χ3n) is 4.34. The monoisotopic (exact) mass is 355 g/mol. The summed E-state index contributed by atoms with van der Waals surface area (Å²) in [4.78, 5) is 29.6. The Kier molecular flexibility index (Phi) is 7.09. The van der Waals surface area contributed by atoms with Gasteiger partial charge in [-0.15, -0.1) is 0 Å². The Labute approximate surface area is 154 Å². The van der Waals surface area contributed by atoms with Crippen molar-refractivity contribution >= 4 is 5.91 Å². The molecule has 0 fully saturated rings. The van der Waals surface area contributed by atoms with Crippen LogP contribution in [0.15, 0.2) is 35.1 Å². The first-order valence-corrected chi connectivity index (χ1v) is 8.88. The molecule has 1 radical (unpaired) electrons. The number of carbonyl (C=O) groups is 1. The maximum absolute atomic E-state index is 12.8. The van der Waals surface area contributed by atoms with Crippen LogP contribution in [0.1, 0.15) is 36.0 Å². The number of carbonyl (C=O) groups excluding carboxylic acids is 1. The molecule has 1 amide bonds. The number of aryl methyl sites for hydroxylation is 1. The summed E-state index contributed by atoms with van der Waals surface area (Å²) in [5.74, 6) is 0.0180. The highest BCUT2D eigenvalue weighted by Crippen LogP contribution is 2.12. The number of hydrogen-bond acceptors (Lipinski definition) is 4. The van der Waals surface area contributed by atoms with E-state index in [4.69, 9.17) is 5.73 Å². The molecule has 1 atom stereocenters. The zero-order chi connectivity index (χ0) is 19.1. The van der Waals surface area contributed by atoms with Crippen molar-refractivity contribution in [1.29, 1.82) is 0 Å². The fraction of sp³-hybridized carbons (Fsp3) is 0.400. The lowest BCUT2D eigenvalue weighted by molar-refractivity contribution is -0.123. The van der Waals surface area contributed by atoms with Crippen molar-refractivity contribution in [3.8, 4) is 0 Å². The molecule has 1 aromatic carbocycles. The molecule has 0 bridgehead atoms. The van der Waals surface area contributed by atoms with Crippen LogP contribution in [0, 0.1) is 26.2 Å². The molecule has 2 rings (SSSR count). The SMILES string of the molecule is Cc1nc([CH]C(C)C(=O)NCCCN)n(Cc2ccccc2)c(=O)c1C. The molecule has 6 heteroatoms. The third-order valence-corrected chi connectivity index (χ3v) is 4.34. The highest BCUT2D eigenvalue weighted by Gasteiger charge is 2.19. The van der Waals surface area contributed by atoms with Crippen molar-refractivity contribution in [2.45, 2.75) is 33.7 Å². The second kappa shape index (κ2) is 9.29. The quantitative estimate of drug-likeness (QED) is 0.703. The van der Waals surface area contributed by atoms with Crippen molar-refractivity contribution in [3.63, 3.8) is 0 Å². The molecule has 6 nitrogen and oxygen atoms in total. The Bertz CT molecular complexity index is 799. The number of rotatable bonds is 8. The van der Waals surface area contributed by atoms with Crippen LogP contribution in [-0.4, -0.2) is 28.5 Å². The molecule has 1 unspecified atom stereocenters. The van der Waals surface area contributed by atoms with Gasteiger partial charge in [0.1, 0.15) is 5.82 Å². The van der Waals surface area contributed by atoms with E-state index < -0.39 is 5.92 Å². The van der Waals surface area contributed by atoms with Gasteiger partial charge in [-0.2, -0.15) is 0 Å². The average molecular weight is 355 g/mol. The number of benzene rings is 1. The Morgan fingerprint density at radius 1 is 1.31 bits per heavy atom. The summed E-state index contributed by atoms with van der Waals surface area (Å²) < 4.78 is 1.63. The van der Waals surface area contributed by atoms with Gasteiger partial charge >= 0.3 is 0 Å². The number of nitrogens with one attached hydrogen (secondary N) is 1. The topological polar surface area (TPSA) is 90.0 Å². The minimum absolute atomic E-state index is 0.0802. The van der Waals surface area contributed by atoms with Gasteiger partial charge in [-0.1, -0.05) is 37.3 Å². The van der Waals surface area contributed by atoms with E-state index in [1.807, 2.05) is 37.3 Å². The van der Waals surface area contributed by atoms with Crippen LogP contribution in [0.3, 0.4) is 0 Å². The standard InChI is InChI=1S/C20H27N4O2/c1-14(19(25)22-11-7-10-21)12-18-23-16(3)15(2)20(26)24(18)13-17-8-5-4-6-9-17/h4-6,8-9,12,14H,7,10-11,13,21H2,1-3H3,(H,22,25). The van der Waals surface area contributed by atoms with E-state index in [1.165, 1.54) is 0 Å². The van der Waals surface area contributed by atoms with Gasteiger partial charge in [0.2, 0.25) is 5.91 Å². The minimum atomic E-state index is -0.399. The summed E-state index contributed by atoms with van der Waals surface area (Å²) in [7, 11) is 0. The maximum atomic E-state index is 12.8. The zero-order valence-electron chi connectivity index (χ0n) is 15.7. The van der Waals surface area contributed by atoms with Gasteiger partial charge in [0.05, 0.1) is 6.54 Å². The van der Waals surface area contributed by atoms with Crippen molar-refractivity contribution < 1.29 is 4.79 Å². The van der Waals surface area contributed by atoms with E-state index in [0.29, 0.717) is 36.7 Å². The molecule has 0 saturated carbocycles. The van der Waals surface area contributed by atoms with E-state index in [9.17, 15) is 9.59 Å². The molecule has 0 spiro atoms. The largest absolute Gasteiger partial charge is 0.356 e. The molecule has 0 aliphatic carbocycles. The van der Waals surface area contributed by atoms with Crippen LogP contribution < -0.4 is 16.6 Å². The van der Waals surface area contributed by atoms with Gasteiger partial charge in [0.15, 0.2) is 0 Å². The van der Waals surface area contributed by atoms with Gasteiger partial charge in [-0.3, -0.25) is 14.2 Å². The maximum Gasteiger partial charge on any atom is 0.256 e. The molecule has 139 valence electrons. The molecule has 26 heavy (non-hydrogen) atoms. The predicted octanol–water partition coefficient (Wildman–Crippen LogP) is 1.56. The van der Waals surface area contributed by atoms with Crippen molar-refractivity contribution in [2.24, 2.45) is 11.7 Å². The summed E-state index contributed by atoms with van der Waals surface area (Å²) in [5.41, 5.74) is 7.68. The van der Waals surface area contributed by atoms with E-state index in [-0.39, 0.29) is 11.5 Å². The van der Waals surface area contributed by atoms with Crippen LogP contribution in [0.25, 0.3) is 0 Å². The number of nitrogens with zero attached hydrogens (tertiary/aromatic N) is 2. The summed E-state index contributed by atoms with van der Waals surface area (Å²) in [6.45, 7) is 6.89. The van der Waals surface area contributed by atoms with Crippen molar-refractivity contribution in [3.05, 3.63) is 69.8 Å². The number of nitrogens with two attached hydrogens (primary N) is 1. The van der Waals surface area contributed by atoms with E-state index >= 15 is 0 Å². The molecular formula is C20H27N4O2. The van der Waals surface area contributed by atoms with E-state index in [1.54, 1.807) is 24.8 Å². The normalized spacial score (nSPS) is 12.0. The predicted molar refractivity (Wildman–Crippen MR) is 103 cm³/mol. The zero-order valence-corrected chi connectivity index (χ0v) is 15.7. The van der Waals surface area contributed by atoms with Crippen LogP contribution in [0.2, 0.25) is 0 Å². The lowest BCUT2D eigenvalue weighted by atomic mass is 10.1. The molecular weight excluding hydrogens is 328 g/mol. The fourth-order valence-corrected chi connectivity index (χ4v) is 2.60. The second-order valence-corrected chi connectivity index (χ2v) is 6.45. The van der Waals surface area contributed by atoms with Crippen LogP contribution in [0.4, 0.5) is 0 Å². The first kappa shape index (κ1) is 19.8. The number of hydrogen-bond donors (Lipinski definition) is 2. The van der Waals surface area contributed by atoms with Crippen LogP contribution in [0.5, 0.6) is 0 Å². The average Bonchev–Trinajstić information content (AvgIpc) is 2.64. The molecule has 0 aliphatic heterocycles. The van der Waals surface area contributed by atoms with E-state index in [2.05, 4.69) is 10.3 Å².